The number of nitrogens with one attached hydrogen (secondary N) is 1. The van der Waals surface area contributed by atoms with E-state index in [4.69, 9.17) is 6.42 Å². The van der Waals surface area contributed by atoms with Crippen molar-refractivity contribution in [1.29, 1.82) is 0 Å². The van der Waals surface area contributed by atoms with Crippen molar-refractivity contribution < 1.29 is 5.11 Å². The third kappa shape index (κ3) is 4.08. The van der Waals surface area contributed by atoms with Gasteiger partial charge in [0, 0.05) is 6.54 Å². The van der Waals surface area contributed by atoms with Crippen LogP contribution in [-0.2, 0) is 6.54 Å². The van der Waals surface area contributed by atoms with Crippen molar-refractivity contribution in [2.24, 2.45) is 0 Å². The molecule has 1 aliphatic carbocycles. The van der Waals surface area contributed by atoms with Crippen molar-refractivity contribution in [2.75, 3.05) is 11.9 Å². The summed E-state index contributed by atoms with van der Waals surface area (Å²) < 4.78 is 1.61. The van der Waals surface area contributed by atoms with Crippen LogP contribution in [0.25, 0.3) is 0 Å². The van der Waals surface area contributed by atoms with Gasteiger partial charge in [0.1, 0.15) is 11.0 Å². The quantitative estimate of drug-likeness (QED) is 0.642. The van der Waals surface area contributed by atoms with E-state index in [1.807, 2.05) is 0 Å². The predicted octanol–water partition coefficient (Wildman–Crippen LogP) is 2.14. The summed E-state index contributed by atoms with van der Waals surface area (Å²) in [4.78, 5) is 12.0. The van der Waals surface area contributed by atoms with Gasteiger partial charge in [-0.25, -0.2) is 4.68 Å². The van der Waals surface area contributed by atoms with Gasteiger partial charge in [0.05, 0.1) is 17.5 Å². The fourth-order valence-electron chi connectivity index (χ4n) is 2.61. The highest BCUT2D eigenvalue weighted by Crippen LogP contribution is 2.28. The summed E-state index contributed by atoms with van der Waals surface area (Å²) >= 11 is 3.27. The van der Waals surface area contributed by atoms with E-state index in [0.717, 1.165) is 25.7 Å². The molecule has 1 aliphatic rings. The predicted molar refractivity (Wildman–Crippen MR) is 86.2 cm³/mol. The van der Waals surface area contributed by atoms with Crippen molar-refractivity contribution in [3.8, 4) is 12.3 Å². The average molecular weight is 354 g/mol. The molecule has 114 valence electrons. The highest BCUT2D eigenvalue weighted by atomic mass is 79.9. The van der Waals surface area contributed by atoms with Crippen LogP contribution in [0, 0.1) is 12.3 Å². The minimum absolute atomic E-state index is 0.141. The molecule has 0 aromatic carbocycles. The van der Waals surface area contributed by atoms with Crippen LogP contribution in [0.4, 0.5) is 5.69 Å². The SMILES string of the molecule is C#CCn1ncc(NCC2(O)CCCCCC2)c(Br)c1=O. The summed E-state index contributed by atoms with van der Waals surface area (Å²) in [5.74, 6) is 2.39. The first-order chi connectivity index (χ1) is 10.1. The normalized spacial score (nSPS) is 17.8. The number of hydrogen-bond acceptors (Lipinski definition) is 4. The van der Waals surface area contributed by atoms with Crippen molar-refractivity contribution in [2.45, 2.75) is 50.7 Å². The Morgan fingerprint density at radius 1 is 1.43 bits per heavy atom. The molecule has 0 bridgehead atoms. The van der Waals surface area contributed by atoms with Crippen molar-refractivity contribution in [3.63, 3.8) is 0 Å². The Balaban J connectivity index is 2.08. The number of aliphatic hydroxyl groups is 1. The van der Waals surface area contributed by atoms with E-state index in [1.54, 1.807) is 6.20 Å². The fourth-order valence-corrected chi connectivity index (χ4v) is 3.06. The number of nitrogens with zero attached hydrogens (tertiary/aromatic N) is 2. The number of terminal acetylenes is 1. The van der Waals surface area contributed by atoms with E-state index in [9.17, 15) is 9.90 Å². The van der Waals surface area contributed by atoms with Gasteiger partial charge < -0.3 is 10.4 Å². The highest BCUT2D eigenvalue weighted by Gasteiger charge is 2.28. The summed E-state index contributed by atoms with van der Waals surface area (Å²) in [5, 5.41) is 17.8. The first-order valence-corrected chi connectivity index (χ1v) is 8.00. The Morgan fingerprint density at radius 3 is 2.71 bits per heavy atom. The van der Waals surface area contributed by atoms with Gasteiger partial charge >= 0.3 is 0 Å². The molecule has 0 spiro atoms. The first kappa shape index (κ1) is 16.1. The van der Waals surface area contributed by atoms with Gasteiger partial charge in [-0.2, -0.15) is 5.10 Å². The molecule has 0 amide bonds. The monoisotopic (exact) mass is 353 g/mol. The molecule has 1 aromatic rings. The third-order valence-electron chi connectivity index (χ3n) is 3.87. The molecule has 1 heterocycles. The maximum absolute atomic E-state index is 12.0. The van der Waals surface area contributed by atoms with Gasteiger partial charge in [0.2, 0.25) is 0 Å². The molecule has 0 saturated heterocycles. The average Bonchev–Trinajstić information content (AvgIpc) is 2.69. The summed E-state index contributed by atoms with van der Waals surface area (Å²) in [5.41, 5.74) is -0.388. The molecule has 0 radical (unpaired) electrons. The second-order valence-electron chi connectivity index (χ2n) is 5.53. The molecule has 0 aliphatic heterocycles. The molecule has 0 atom stereocenters. The number of anilines is 1. The lowest BCUT2D eigenvalue weighted by Gasteiger charge is -2.27. The topological polar surface area (TPSA) is 67.2 Å². The molecule has 1 aromatic heterocycles. The summed E-state index contributed by atoms with van der Waals surface area (Å²) in [6.45, 7) is 0.563. The van der Waals surface area contributed by atoms with Gasteiger partial charge in [-0.3, -0.25) is 4.79 Å². The van der Waals surface area contributed by atoms with Crippen LogP contribution >= 0.6 is 15.9 Å². The molecule has 6 heteroatoms. The van der Waals surface area contributed by atoms with Gasteiger partial charge in [0.15, 0.2) is 0 Å². The van der Waals surface area contributed by atoms with Crippen LogP contribution in [0.1, 0.15) is 38.5 Å². The Kier molecular flexibility index (Phi) is 5.43. The van der Waals surface area contributed by atoms with Crippen molar-refractivity contribution >= 4 is 21.6 Å². The summed E-state index contributed by atoms with van der Waals surface area (Å²) in [6, 6.07) is 0. The van der Waals surface area contributed by atoms with Crippen LogP contribution in [0.3, 0.4) is 0 Å². The zero-order chi connectivity index (χ0) is 15.3. The van der Waals surface area contributed by atoms with E-state index in [1.165, 1.54) is 17.5 Å². The fraction of sp³-hybridized carbons (Fsp3) is 0.600. The Bertz CT molecular complexity index is 584. The molecule has 1 saturated carbocycles. The Morgan fingerprint density at radius 2 is 2.10 bits per heavy atom. The zero-order valence-electron chi connectivity index (χ0n) is 11.9. The maximum atomic E-state index is 12.0. The van der Waals surface area contributed by atoms with E-state index in [0.29, 0.717) is 16.7 Å². The molecule has 5 nitrogen and oxygen atoms in total. The third-order valence-corrected chi connectivity index (χ3v) is 4.63. The van der Waals surface area contributed by atoms with Crippen molar-refractivity contribution in [1.82, 2.24) is 9.78 Å². The van der Waals surface area contributed by atoms with Gasteiger partial charge in [-0.1, -0.05) is 31.6 Å². The van der Waals surface area contributed by atoms with Crippen LogP contribution in [0.2, 0.25) is 0 Å². The van der Waals surface area contributed by atoms with Crippen molar-refractivity contribution in [3.05, 3.63) is 21.0 Å². The van der Waals surface area contributed by atoms with Crippen LogP contribution in [-0.4, -0.2) is 27.0 Å². The molecule has 2 rings (SSSR count). The second-order valence-corrected chi connectivity index (χ2v) is 6.32. The molecule has 1 fully saturated rings. The Labute approximate surface area is 132 Å². The van der Waals surface area contributed by atoms with Crippen LogP contribution < -0.4 is 10.9 Å². The summed E-state index contributed by atoms with van der Waals surface area (Å²) in [6.07, 6.45) is 12.8. The molecular formula is C15H20BrN3O2. The number of rotatable bonds is 4. The minimum Gasteiger partial charge on any atom is -0.388 e. The number of halogens is 1. The highest BCUT2D eigenvalue weighted by molar-refractivity contribution is 9.10. The lowest BCUT2D eigenvalue weighted by atomic mass is 9.94. The maximum Gasteiger partial charge on any atom is 0.284 e. The first-order valence-electron chi connectivity index (χ1n) is 7.21. The second kappa shape index (κ2) is 7.10. The number of hydrogen-bond donors (Lipinski definition) is 2. The Hall–Kier alpha value is -1.32. The van der Waals surface area contributed by atoms with E-state index < -0.39 is 5.60 Å². The standard InChI is InChI=1S/C15H20BrN3O2/c1-2-9-19-14(20)13(16)12(10-18-19)17-11-15(21)7-5-3-4-6-8-15/h1,10,17,21H,3-9,11H2. The lowest BCUT2D eigenvalue weighted by Crippen LogP contribution is -2.37. The van der Waals surface area contributed by atoms with Gasteiger partial charge in [-0.05, 0) is 28.8 Å². The van der Waals surface area contributed by atoms with E-state index >= 15 is 0 Å². The minimum atomic E-state index is -0.705. The zero-order valence-corrected chi connectivity index (χ0v) is 13.5. The lowest BCUT2D eigenvalue weighted by molar-refractivity contribution is 0.0381. The smallest absolute Gasteiger partial charge is 0.284 e. The molecular weight excluding hydrogens is 334 g/mol. The largest absolute Gasteiger partial charge is 0.388 e. The van der Waals surface area contributed by atoms with Crippen LogP contribution in [0.5, 0.6) is 0 Å². The summed E-state index contributed by atoms with van der Waals surface area (Å²) in [7, 11) is 0. The van der Waals surface area contributed by atoms with E-state index in [2.05, 4.69) is 32.3 Å². The molecule has 21 heavy (non-hydrogen) atoms. The van der Waals surface area contributed by atoms with E-state index in [-0.39, 0.29) is 12.1 Å². The number of aromatic nitrogens is 2. The van der Waals surface area contributed by atoms with Gasteiger partial charge in [0.25, 0.3) is 5.56 Å². The molecule has 0 unspecified atom stereocenters. The molecule has 2 N–H and O–H groups in total. The van der Waals surface area contributed by atoms with Crippen LogP contribution in [0.15, 0.2) is 15.5 Å². The van der Waals surface area contributed by atoms with Gasteiger partial charge in [-0.15, -0.1) is 6.42 Å².